The van der Waals surface area contributed by atoms with Crippen molar-refractivity contribution in [2.75, 3.05) is 11.5 Å². The third-order valence-electron chi connectivity index (χ3n) is 3.36. The Morgan fingerprint density at radius 3 is 1.36 bits per heavy atom. The molecule has 114 valence electrons. The van der Waals surface area contributed by atoms with Crippen LogP contribution in [0.1, 0.15) is 21.6 Å². The molecule has 2 atom stereocenters. The standard InChI is InChI=1S/C20H22S2/c1-3-19(17-11-7-5-8-12-17)21-15-16-22-20(4-2)18-13-9-6-10-14-18/h3-14,19-20H,1-2,15-16H2. The smallest absolute Gasteiger partial charge is 0.0474 e. The van der Waals surface area contributed by atoms with Crippen LogP contribution in [0, 0.1) is 0 Å². The summed E-state index contributed by atoms with van der Waals surface area (Å²) < 4.78 is 0. The SMILES string of the molecule is C=CC(SCCSC(C=C)c1ccccc1)c1ccccc1. The first-order chi connectivity index (χ1) is 10.8. The van der Waals surface area contributed by atoms with Gasteiger partial charge in [-0.05, 0) is 11.1 Å². The van der Waals surface area contributed by atoms with Gasteiger partial charge >= 0.3 is 0 Å². The van der Waals surface area contributed by atoms with Crippen molar-refractivity contribution in [2.45, 2.75) is 10.5 Å². The van der Waals surface area contributed by atoms with Crippen molar-refractivity contribution in [3.8, 4) is 0 Å². The lowest BCUT2D eigenvalue weighted by molar-refractivity contribution is 1.22. The fourth-order valence-corrected chi connectivity index (χ4v) is 4.49. The van der Waals surface area contributed by atoms with E-state index in [1.807, 2.05) is 35.7 Å². The second-order valence-electron chi connectivity index (χ2n) is 4.88. The van der Waals surface area contributed by atoms with Crippen LogP contribution in [0.5, 0.6) is 0 Å². The van der Waals surface area contributed by atoms with Gasteiger partial charge in [-0.1, -0.05) is 72.8 Å². The van der Waals surface area contributed by atoms with E-state index in [1.54, 1.807) is 0 Å². The highest BCUT2D eigenvalue weighted by Crippen LogP contribution is 2.33. The minimum Gasteiger partial charge on any atom is -0.149 e. The van der Waals surface area contributed by atoms with Gasteiger partial charge in [-0.25, -0.2) is 0 Å². The molecule has 2 aromatic rings. The predicted octanol–water partition coefficient (Wildman–Crippen LogP) is 6.31. The van der Waals surface area contributed by atoms with Gasteiger partial charge in [-0.15, -0.1) is 36.7 Å². The van der Waals surface area contributed by atoms with Gasteiger partial charge < -0.3 is 0 Å². The fourth-order valence-electron chi connectivity index (χ4n) is 2.24. The zero-order chi connectivity index (χ0) is 15.6. The molecule has 2 heteroatoms. The van der Waals surface area contributed by atoms with E-state index in [1.165, 1.54) is 11.1 Å². The van der Waals surface area contributed by atoms with E-state index >= 15 is 0 Å². The minimum absolute atomic E-state index is 0.376. The zero-order valence-corrected chi connectivity index (χ0v) is 14.4. The van der Waals surface area contributed by atoms with E-state index in [0.717, 1.165) is 11.5 Å². The molecule has 22 heavy (non-hydrogen) atoms. The predicted molar refractivity (Wildman–Crippen MR) is 104 cm³/mol. The van der Waals surface area contributed by atoms with Crippen LogP contribution < -0.4 is 0 Å². The van der Waals surface area contributed by atoms with E-state index in [4.69, 9.17) is 0 Å². The normalized spacial score (nSPS) is 13.3. The lowest BCUT2D eigenvalue weighted by Gasteiger charge is -2.15. The van der Waals surface area contributed by atoms with Crippen LogP contribution in [-0.4, -0.2) is 11.5 Å². The monoisotopic (exact) mass is 326 g/mol. The van der Waals surface area contributed by atoms with Crippen molar-refractivity contribution in [3.05, 3.63) is 97.1 Å². The first-order valence-corrected chi connectivity index (χ1v) is 9.53. The molecule has 0 heterocycles. The summed E-state index contributed by atoms with van der Waals surface area (Å²) in [7, 11) is 0. The summed E-state index contributed by atoms with van der Waals surface area (Å²) in [5, 5.41) is 0.751. The summed E-state index contributed by atoms with van der Waals surface area (Å²) >= 11 is 3.90. The van der Waals surface area contributed by atoms with Crippen LogP contribution in [0.3, 0.4) is 0 Å². The summed E-state index contributed by atoms with van der Waals surface area (Å²) in [5.41, 5.74) is 2.66. The van der Waals surface area contributed by atoms with E-state index in [2.05, 4.69) is 73.8 Å². The Morgan fingerprint density at radius 2 is 1.05 bits per heavy atom. The Kier molecular flexibility index (Phi) is 7.41. The van der Waals surface area contributed by atoms with Gasteiger partial charge in [0, 0.05) is 22.0 Å². The largest absolute Gasteiger partial charge is 0.149 e. The van der Waals surface area contributed by atoms with E-state index in [-0.39, 0.29) is 0 Å². The molecule has 0 N–H and O–H groups in total. The Morgan fingerprint density at radius 1 is 0.682 bits per heavy atom. The maximum Gasteiger partial charge on any atom is 0.0474 e. The van der Waals surface area contributed by atoms with Crippen LogP contribution in [0.2, 0.25) is 0 Å². The molecular weight excluding hydrogens is 304 g/mol. The molecule has 0 aliphatic carbocycles. The second-order valence-corrected chi connectivity index (χ2v) is 7.37. The lowest BCUT2D eigenvalue weighted by atomic mass is 10.1. The molecule has 0 aliphatic heterocycles. The molecule has 0 spiro atoms. The van der Waals surface area contributed by atoms with Gasteiger partial charge in [0.15, 0.2) is 0 Å². The average molecular weight is 327 g/mol. The first kappa shape index (κ1) is 17.0. The maximum atomic E-state index is 3.97. The summed E-state index contributed by atoms with van der Waals surface area (Å²) in [6, 6.07) is 21.1. The molecule has 0 fully saturated rings. The van der Waals surface area contributed by atoms with Gasteiger partial charge in [-0.3, -0.25) is 0 Å². The van der Waals surface area contributed by atoms with Crippen LogP contribution in [0.25, 0.3) is 0 Å². The van der Waals surface area contributed by atoms with E-state index in [9.17, 15) is 0 Å². The summed E-state index contributed by atoms with van der Waals surface area (Å²) in [5.74, 6) is 2.21. The van der Waals surface area contributed by atoms with E-state index < -0.39 is 0 Å². The third kappa shape index (κ3) is 5.11. The highest BCUT2D eigenvalue weighted by molar-refractivity contribution is 8.03. The van der Waals surface area contributed by atoms with Crippen molar-refractivity contribution in [3.63, 3.8) is 0 Å². The fraction of sp³-hybridized carbons (Fsp3) is 0.200. The number of hydrogen-bond acceptors (Lipinski definition) is 2. The highest BCUT2D eigenvalue weighted by atomic mass is 32.2. The van der Waals surface area contributed by atoms with Crippen molar-refractivity contribution in [1.82, 2.24) is 0 Å². The molecule has 2 unspecified atom stereocenters. The molecule has 0 amide bonds. The van der Waals surface area contributed by atoms with Gasteiger partial charge in [0.2, 0.25) is 0 Å². The number of rotatable bonds is 9. The molecule has 0 saturated carbocycles. The van der Waals surface area contributed by atoms with Crippen molar-refractivity contribution in [1.29, 1.82) is 0 Å². The molecule has 0 aliphatic rings. The Bertz CT molecular complexity index is 509. The number of benzene rings is 2. The van der Waals surface area contributed by atoms with Gasteiger partial charge in [0.25, 0.3) is 0 Å². The quantitative estimate of drug-likeness (QED) is 0.391. The Labute approximate surface area is 142 Å². The van der Waals surface area contributed by atoms with Gasteiger partial charge in [0.1, 0.15) is 0 Å². The molecular formula is C20H22S2. The molecule has 0 nitrogen and oxygen atoms in total. The first-order valence-electron chi connectivity index (χ1n) is 7.43. The number of hydrogen-bond donors (Lipinski definition) is 0. The van der Waals surface area contributed by atoms with Gasteiger partial charge in [-0.2, -0.15) is 0 Å². The topological polar surface area (TPSA) is 0 Å². The number of thioether (sulfide) groups is 2. The molecule has 0 radical (unpaired) electrons. The van der Waals surface area contributed by atoms with E-state index in [0.29, 0.717) is 10.5 Å². The Balaban J connectivity index is 1.80. The van der Waals surface area contributed by atoms with Crippen LogP contribution in [0.15, 0.2) is 86.0 Å². The molecule has 0 bridgehead atoms. The van der Waals surface area contributed by atoms with Crippen LogP contribution in [-0.2, 0) is 0 Å². The molecule has 2 rings (SSSR count). The van der Waals surface area contributed by atoms with Crippen molar-refractivity contribution in [2.24, 2.45) is 0 Å². The van der Waals surface area contributed by atoms with Crippen LogP contribution >= 0.6 is 23.5 Å². The van der Waals surface area contributed by atoms with Gasteiger partial charge in [0.05, 0.1) is 0 Å². The lowest BCUT2D eigenvalue weighted by Crippen LogP contribution is -1.96. The van der Waals surface area contributed by atoms with Crippen molar-refractivity contribution >= 4 is 23.5 Å². The molecule has 0 aromatic heterocycles. The molecule has 0 saturated heterocycles. The minimum atomic E-state index is 0.376. The molecule has 2 aromatic carbocycles. The Hall–Kier alpha value is -1.38. The summed E-state index contributed by atoms with van der Waals surface area (Å²) in [4.78, 5) is 0. The van der Waals surface area contributed by atoms with Crippen molar-refractivity contribution < 1.29 is 0 Å². The third-order valence-corrected chi connectivity index (χ3v) is 6.15. The average Bonchev–Trinajstić information content (AvgIpc) is 2.60. The zero-order valence-electron chi connectivity index (χ0n) is 12.7. The summed E-state index contributed by atoms with van der Waals surface area (Å²) in [6.45, 7) is 7.94. The maximum absolute atomic E-state index is 3.97. The highest BCUT2D eigenvalue weighted by Gasteiger charge is 2.10. The van der Waals surface area contributed by atoms with Crippen LogP contribution in [0.4, 0.5) is 0 Å². The second kappa shape index (κ2) is 9.60. The summed E-state index contributed by atoms with van der Waals surface area (Å²) in [6.07, 6.45) is 4.07.